The van der Waals surface area contributed by atoms with E-state index in [0.29, 0.717) is 19.3 Å². The molecule has 1 atom stereocenters. The molecule has 73 heavy (non-hydrogen) atoms. The van der Waals surface area contributed by atoms with Gasteiger partial charge in [-0.1, -0.05) is 238 Å². The van der Waals surface area contributed by atoms with Crippen molar-refractivity contribution in [1.82, 2.24) is 0 Å². The predicted molar refractivity (Wildman–Crippen MR) is 316 cm³/mol. The van der Waals surface area contributed by atoms with Crippen LogP contribution in [0.5, 0.6) is 0 Å². The molecule has 0 aromatic carbocycles. The molecule has 0 radical (unpaired) electrons. The molecule has 0 aromatic heterocycles. The van der Waals surface area contributed by atoms with Crippen LogP contribution in [0.15, 0.2) is 134 Å². The molecule has 0 unspecified atom stereocenters. The molecule has 0 aliphatic carbocycles. The molecule has 0 amide bonds. The number of esters is 3. The summed E-state index contributed by atoms with van der Waals surface area (Å²) in [4.78, 5) is 38.2. The Bertz CT molecular complexity index is 1580. The van der Waals surface area contributed by atoms with Gasteiger partial charge in [0, 0.05) is 19.3 Å². The van der Waals surface area contributed by atoms with Crippen molar-refractivity contribution < 1.29 is 28.6 Å². The zero-order valence-corrected chi connectivity index (χ0v) is 47.1. The Kier molecular flexibility index (Phi) is 56.4. The number of hydrogen-bond donors (Lipinski definition) is 0. The minimum Gasteiger partial charge on any atom is -0.462 e. The Morgan fingerprint density at radius 1 is 0.288 bits per heavy atom. The third-order valence-electron chi connectivity index (χ3n) is 12.1. The zero-order valence-electron chi connectivity index (χ0n) is 47.1. The first kappa shape index (κ1) is 68.6. The molecule has 0 heterocycles. The first-order valence-electron chi connectivity index (χ1n) is 29.7. The highest BCUT2D eigenvalue weighted by Crippen LogP contribution is 2.14. The van der Waals surface area contributed by atoms with Crippen molar-refractivity contribution >= 4 is 17.9 Å². The van der Waals surface area contributed by atoms with E-state index < -0.39 is 6.10 Å². The molecule has 0 aromatic rings. The first-order chi connectivity index (χ1) is 36.0. The molecule has 0 saturated carbocycles. The van der Waals surface area contributed by atoms with Crippen molar-refractivity contribution in [1.29, 1.82) is 0 Å². The van der Waals surface area contributed by atoms with Gasteiger partial charge in [-0.3, -0.25) is 14.4 Å². The van der Waals surface area contributed by atoms with E-state index in [1.165, 1.54) is 89.9 Å². The lowest BCUT2D eigenvalue weighted by molar-refractivity contribution is -0.167. The van der Waals surface area contributed by atoms with Gasteiger partial charge in [0.2, 0.25) is 0 Å². The minimum absolute atomic E-state index is 0.118. The Labute approximate surface area is 449 Å². The Morgan fingerprint density at radius 3 is 0.918 bits per heavy atom. The van der Waals surface area contributed by atoms with Crippen LogP contribution >= 0.6 is 0 Å². The summed E-state index contributed by atoms with van der Waals surface area (Å²) in [6.07, 6.45) is 84.5. The topological polar surface area (TPSA) is 78.9 Å². The normalized spacial score (nSPS) is 13.1. The highest BCUT2D eigenvalue weighted by Gasteiger charge is 2.19. The van der Waals surface area contributed by atoms with E-state index in [9.17, 15) is 14.4 Å². The van der Waals surface area contributed by atoms with Gasteiger partial charge in [-0.05, 0) is 128 Å². The number of carbonyl (C=O) groups is 3. The monoisotopic (exact) mass is 1010 g/mol. The molecule has 0 aliphatic rings. The molecule has 6 nitrogen and oxygen atoms in total. The largest absolute Gasteiger partial charge is 0.462 e. The fraction of sp³-hybridized carbons (Fsp3) is 0.627. The van der Waals surface area contributed by atoms with Gasteiger partial charge in [0.25, 0.3) is 0 Å². The molecule has 0 aliphatic heterocycles. The number of allylic oxidation sites excluding steroid dienone is 22. The van der Waals surface area contributed by atoms with Gasteiger partial charge in [-0.15, -0.1) is 0 Å². The molecule has 0 bridgehead atoms. The highest BCUT2D eigenvalue weighted by atomic mass is 16.6. The van der Waals surface area contributed by atoms with E-state index in [0.717, 1.165) is 116 Å². The second kappa shape index (κ2) is 60.1. The van der Waals surface area contributed by atoms with Gasteiger partial charge in [-0.25, -0.2) is 0 Å². The first-order valence-corrected chi connectivity index (χ1v) is 29.7. The summed E-state index contributed by atoms with van der Waals surface area (Å²) >= 11 is 0. The smallest absolute Gasteiger partial charge is 0.306 e. The van der Waals surface area contributed by atoms with Gasteiger partial charge in [-0.2, -0.15) is 0 Å². The van der Waals surface area contributed by atoms with E-state index >= 15 is 0 Å². The molecular weight excluding hydrogens is 901 g/mol. The average Bonchev–Trinajstić information content (AvgIpc) is 3.39. The van der Waals surface area contributed by atoms with Crippen molar-refractivity contribution in [2.75, 3.05) is 13.2 Å². The summed E-state index contributed by atoms with van der Waals surface area (Å²) in [6.45, 7) is 6.33. The summed E-state index contributed by atoms with van der Waals surface area (Å²) in [5.41, 5.74) is 0. The van der Waals surface area contributed by atoms with Gasteiger partial charge in [0.15, 0.2) is 6.10 Å². The van der Waals surface area contributed by atoms with Crippen LogP contribution in [0.3, 0.4) is 0 Å². The third kappa shape index (κ3) is 58.3. The summed E-state index contributed by atoms with van der Waals surface area (Å²) < 4.78 is 16.8. The lowest BCUT2D eigenvalue weighted by Crippen LogP contribution is -2.30. The SMILES string of the molecule is CC/C=C\C/C=C\C/C=C\C/C=C\C/C=C\CCCCCC(=O)OC[C@H](COC(=O)CCC/C=C\C/C=C\C/C=C\C/C=C\C/C=C\CC)OC(=O)CCCCCCCCCCC/C=C\CCCCCCCC. The second-order valence-corrected chi connectivity index (χ2v) is 19.1. The van der Waals surface area contributed by atoms with Gasteiger partial charge in [0.05, 0.1) is 0 Å². The summed E-state index contributed by atoms with van der Waals surface area (Å²) in [7, 11) is 0. The van der Waals surface area contributed by atoms with Crippen LogP contribution in [-0.4, -0.2) is 37.2 Å². The Balaban J connectivity index is 4.54. The number of ether oxygens (including phenoxy) is 3. The lowest BCUT2D eigenvalue weighted by atomic mass is 10.1. The predicted octanol–water partition coefficient (Wildman–Crippen LogP) is 20.2. The van der Waals surface area contributed by atoms with Crippen LogP contribution in [0.2, 0.25) is 0 Å². The highest BCUT2D eigenvalue weighted by molar-refractivity contribution is 5.71. The molecule has 0 spiro atoms. The molecule has 0 rings (SSSR count). The van der Waals surface area contributed by atoms with Crippen LogP contribution < -0.4 is 0 Å². The maximum Gasteiger partial charge on any atom is 0.306 e. The van der Waals surface area contributed by atoms with Gasteiger partial charge < -0.3 is 14.2 Å². The number of carbonyl (C=O) groups excluding carboxylic acids is 3. The van der Waals surface area contributed by atoms with Crippen LogP contribution in [0.25, 0.3) is 0 Å². The van der Waals surface area contributed by atoms with Crippen molar-refractivity contribution in [2.45, 2.75) is 258 Å². The van der Waals surface area contributed by atoms with Crippen LogP contribution in [0.4, 0.5) is 0 Å². The average molecular weight is 1010 g/mol. The molecule has 6 heteroatoms. The fourth-order valence-corrected chi connectivity index (χ4v) is 7.73. The number of rotatable bonds is 52. The number of hydrogen-bond acceptors (Lipinski definition) is 6. The fourth-order valence-electron chi connectivity index (χ4n) is 7.73. The quantitative estimate of drug-likeness (QED) is 0.0261. The Morgan fingerprint density at radius 2 is 0.548 bits per heavy atom. The van der Waals surface area contributed by atoms with Crippen molar-refractivity contribution in [3.8, 4) is 0 Å². The van der Waals surface area contributed by atoms with E-state index in [2.05, 4.69) is 154 Å². The zero-order chi connectivity index (χ0) is 52.9. The summed E-state index contributed by atoms with van der Waals surface area (Å²) in [5, 5.41) is 0. The van der Waals surface area contributed by atoms with E-state index in [-0.39, 0.29) is 37.5 Å². The summed E-state index contributed by atoms with van der Waals surface area (Å²) in [5.74, 6) is -1.01. The third-order valence-corrected chi connectivity index (χ3v) is 12.1. The van der Waals surface area contributed by atoms with Gasteiger partial charge in [0.1, 0.15) is 13.2 Å². The van der Waals surface area contributed by atoms with Crippen LogP contribution in [0, 0.1) is 0 Å². The van der Waals surface area contributed by atoms with Crippen molar-refractivity contribution in [3.05, 3.63) is 134 Å². The lowest BCUT2D eigenvalue weighted by Gasteiger charge is -2.18. The van der Waals surface area contributed by atoms with Crippen molar-refractivity contribution in [3.63, 3.8) is 0 Å². The number of unbranched alkanes of at least 4 members (excludes halogenated alkanes) is 19. The van der Waals surface area contributed by atoms with E-state index in [1.54, 1.807) is 0 Å². The minimum atomic E-state index is -0.822. The molecule has 0 N–H and O–H groups in total. The molecular formula is C67H108O6. The standard InChI is InChI=1S/C67H108O6/c1-4-7-10-13-16-19-22-25-28-31-33-36-39-42-45-48-51-54-57-60-66(69)72-63-64(62-71-65(68)59-56-53-50-47-44-41-38-35-30-27-24-21-18-15-12-9-6-3)73-67(70)61-58-55-52-49-46-43-40-37-34-32-29-26-23-20-17-14-11-8-5-2/h7,9-10,12,16,18-19,21,25-30,33,36,38,41-42,45,47,50,64H,4-6,8,11,13-15,17,20,22-24,31-32,34-35,37,39-40,43-44,46,48-49,51-63H2,1-3H3/b10-7-,12-9-,19-16-,21-18-,28-25-,29-26-,30-27-,36-33-,41-38-,45-42-,50-47-/t64-/m0/s1. The maximum absolute atomic E-state index is 12.9. The summed E-state index contributed by atoms with van der Waals surface area (Å²) in [6, 6.07) is 0. The van der Waals surface area contributed by atoms with Gasteiger partial charge >= 0.3 is 17.9 Å². The van der Waals surface area contributed by atoms with Crippen LogP contribution in [-0.2, 0) is 28.6 Å². The maximum atomic E-state index is 12.9. The van der Waals surface area contributed by atoms with Crippen LogP contribution in [0.1, 0.15) is 252 Å². The molecule has 0 saturated heterocycles. The second-order valence-electron chi connectivity index (χ2n) is 19.1. The molecule has 412 valence electrons. The van der Waals surface area contributed by atoms with E-state index in [1.807, 2.05) is 0 Å². The Hall–Kier alpha value is -4.45. The van der Waals surface area contributed by atoms with Crippen molar-refractivity contribution in [2.24, 2.45) is 0 Å². The van der Waals surface area contributed by atoms with E-state index in [4.69, 9.17) is 14.2 Å². The molecule has 0 fully saturated rings.